The van der Waals surface area contributed by atoms with E-state index in [1.165, 1.54) is 12.1 Å². The molecule has 1 heterocycles. The monoisotopic (exact) mass is 351 g/mol. The predicted octanol–water partition coefficient (Wildman–Crippen LogP) is 2.10. The summed E-state index contributed by atoms with van der Waals surface area (Å²) in [5, 5.41) is 10.9. The van der Waals surface area contributed by atoms with E-state index in [1.54, 1.807) is 17.0 Å². The lowest BCUT2D eigenvalue weighted by Gasteiger charge is -2.40. The maximum atomic E-state index is 12.8. The lowest BCUT2D eigenvalue weighted by Crippen LogP contribution is -2.44. The van der Waals surface area contributed by atoms with Crippen LogP contribution in [0.15, 0.2) is 29.2 Å². The highest BCUT2D eigenvalue weighted by molar-refractivity contribution is 7.90. The molecule has 1 aromatic carbocycles. The van der Waals surface area contributed by atoms with Gasteiger partial charge in [-0.15, -0.1) is 0 Å². The van der Waals surface area contributed by atoms with Crippen molar-refractivity contribution in [1.82, 2.24) is 4.90 Å². The van der Waals surface area contributed by atoms with Crippen molar-refractivity contribution in [1.29, 1.82) is 0 Å². The molecule has 3 rings (SSSR count). The zero-order valence-electron chi connectivity index (χ0n) is 14.2. The Labute approximate surface area is 143 Å². The number of benzene rings is 1. The van der Waals surface area contributed by atoms with Crippen LogP contribution in [0.2, 0.25) is 0 Å². The smallest absolute Gasteiger partial charge is 0.253 e. The normalized spacial score (nSPS) is 30.2. The third kappa shape index (κ3) is 3.09. The number of hydrogen-bond acceptors (Lipinski definition) is 4. The van der Waals surface area contributed by atoms with Crippen molar-refractivity contribution >= 4 is 15.7 Å². The number of likely N-dealkylation sites (tertiary alicyclic amines) is 1. The van der Waals surface area contributed by atoms with Crippen LogP contribution < -0.4 is 0 Å². The second kappa shape index (κ2) is 6.15. The highest BCUT2D eigenvalue weighted by atomic mass is 32.2. The van der Waals surface area contributed by atoms with Crippen molar-refractivity contribution < 1.29 is 18.3 Å². The fourth-order valence-electron chi connectivity index (χ4n) is 4.28. The van der Waals surface area contributed by atoms with Gasteiger partial charge in [-0.25, -0.2) is 8.42 Å². The molecular weight excluding hydrogens is 326 g/mol. The summed E-state index contributed by atoms with van der Waals surface area (Å²) < 4.78 is 23.4. The van der Waals surface area contributed by atoms with Gasteiger partial charge in [0.1, 0.15) is 0 Å². The second-order valence-corrected chi connectivity index (χ2v) is 9.24. The van der Waals surface area contributed by atoms with Crippen LogP contribution in [0.4, 0.5) is 0 Å². The minimum Gasteiger partial charge on any atom is -0.390 e. The quantitative estimate of drug-likeness (QED) is 0.905. The Bertz CT molecular complexity index is 745. The third-order valence-electron chi connectivity index (χ3n) is 5.72. The van der Waals surface area contributed by atoms with Gasteiger partial charge in [-0.2, -0.15) is 0 Å². The van der Waals surface area contributed by atoms with Crippen LogP contribution in [0.25, 0.3) is 0 Å². The maximum Gasteiger partial charge on any atom is 0.253 e. The first-order valence-corrected chi connectivity index (χ1v) is 10.5. The molecule has 6 heteroatoms. The average molecular weight is 351 g/mol. The van der Waals surface area contributed by atoms with Gasteiger partial charge in [0.25, 0.3) is 5.91 Å². The summed E-state index contributed by atoms with van der Waals surface area (Å²) in [5.74, 6) is 0.317. The molecule has 1 saturated carbocycles. The van der Waals surface area contributed by atoms with E-state index in [1.807, 2.05) is 6.92 Å². The standard InChI is InChI=1S/C18H25NO4S/c1-3-18(21)9-5-7-14-11-19(12-16(14)18)17(20)13-6-4-8-15(10-13)24(2,22)23/h4,6,8,10,14,16,21H,3,5,7,9,11-12H2,1-2H3/t14-,16+,18-/m1/s1. The van der Waals surface area contributed by atoms with Gasteiger partial charge in [-0.3, -0.25) is 4.79 Å². The van der Waals surface area contributed by atoms with Gasteiger partial charge in [-0.1, -0.05) is 19.4 Å². The third-order valence-corrected chi connectivity index (χ3v) is 6.83. The van der Waals surface area contributed by atoms with Crippen LogP contribution in [0, 0.1) is 11.8 Å². The Morgan fingerprint density at radius 3 is 2.79 bits per heavy atom. The van der Waals surface area contributed by atoms with Crippen LogP contribution in [-0.2, 0) is 9.84 Å². The lowest BCUT2D eigenvalue weighted by molar-refractivity contribution is -0.0609. The number of carbonyl (C=O) groups is 1. The van der Waals surface area contributed by atoms with Crippen molar-refractivity contribution in [2.24, 2.45) is 11.8 Å². The zero-order valence-corrected chi connectivity index (χ0v) is 15.1. The number of carbonyl (C=O) groups excluding carboxylic acids is 1. The molecule has 132 valence electrons. The Balaban J connectivity index is 1.82. The van der Waals surface area contributed by atoms with Crippen molar-refractivity contribution in [3.8, 4) is 0 Å². The molecule has 2 fully saturated rings. The predicted molar refractivity (Wildman–Crippen MR) is 91.5 cm³/mol. The number of nitrogens with zero attached hydrogens (tertiary/aromatic N) is 1. The van der Waals surface area contributed by atoms with E-state index < -0.39 is 15.4 Å². The number of hydrogen-bond donors (Lipinski definition) is 1. The van der Waals surface area contributed by atoms with Crippen molar-refractivity contribution in [2.45, 2.75) is 43.1 Å². The van der Waals surface area contributed by atoms with E-state index in [-0.39, 0.29) is 16.7 Å². The number of fused-ring (bicyclic) bond motifs is 1. The Kier molecular flexibility index (Phi) is 4.47. The molecule has 2 aliphatic rings. The first-order chi connectivity index (χ1) is 11.2. The molecule has 0 radical (unpaired) electrons. The summed E-state index contributed by atoms with van der Waals surface area (Å²) in [4.78, 5) is 14.8. The molecule has 1 aliphatic carbocycles. The summed E-state index contributed by atoms with van der Waals surface area (Å²) >= 11 is 0. The molecule has 24 heavy (non-hydrogen) atoms. The largest absolute Gasteiger partial charge is 0.390 e. The minimum absolute atomic E-state index is 0.123. The van der Waals surface area contributed by atoms with Gasteiger partial charge in [0.05, 0.1) is 10.5 Å². The van der Waals surface area contributed by atoms with E-state index in [0.29, 0.717) is 31.0 Å². The zero-order chi connectivity index (χ0) is 17.5. The summed E-state index contributed by atoms with van der Waals surface area (Å²) in [6.07, 6.45) is 4.69. The molecule has 0 unspecified atom stereocenters. The van der Waals surface area contributed by atoms with Crippen molar-refractivity contribution in [3.05, 3.63) is 29.8 Å². The van der Waals surface area contributed by atoms with Gasteiger partial charge in [-0.05, 0) is 43.4 Å². The molecule has 0 aromatic heterocycles. The Hall–Kier alpha value is -1.40. The summed E-state index contributed by atoms with van der Waals surface area (Å²) in [6, 6.07) is 6.22. The van der Waals surface area contributed by atoms with E-state index in [2.05, 4.69) is 0 Å². The number of sulfone groups is 1. The van der Waals surface area contributed by atoms with Crippen LogP contribution in [0.5, 0.6) is 0 Å². The first kappa shape index (κ1) is 17.4. The fraction of sp³-hybridized carbons (Fsp3) is 0.611. The number of rotatable bonds is 3. The van der Waals surface area contributed by atoms with Gasteiger partial charge >= 0.3 is 0 Å². The summed E-state index contributed by atoms with van der Waals surface area (Å²) in [6.45, 7) is 3.20. The van der Waals surface area contributed by atoms with Crippen molar-refractivity contribution in [2.75, 3.05) is 19.3 Å². The van der Waals surface area contributed by atoms with E-state index in [0.717, 1.165) is 25.5 Å². The van der Waals surface area contributed by atoms with E-state index >= 15 is 0 Å². The number of aliphatic hydroxyl groups is 1. The van der Waals surface area contributed by atoms with Crippen LogP contribution in [0.3, 0.4) is 0 Å². The fourth-order valence-corrected chi connectivity index (χ4v) is 4.94. The van der Waals surface area contributed by atoms with Gasteiger partial charge in [0, 0.05) is 30.8 Å². The highest BCUT2D eigenvalue weighted by Crippen LogP contribution is 2.44. The molecule has 1 amide bonds. The number of amides is 1. The SMILES string of the molecule is CC[C@@]1(O)CCC[C@@H]2CN(C(=O)c3cccc(S(C)(=O)=O)c3)C[C@@H]21. The Morgan fingerprint density at radius 1 is 1.38 bits per heavy atom. The lowest BCUT2D eigenvalue weighted by atomic mass is 9.69. The molecule has 5 nitrogen and oxygen atoms in total. The summed E-state index contributed by atoms with van der Waals surface area (Å²) in [7, 11) is -3.34. The molecule has 1 aliphatic heterocycles. The molecule has 1 aromatic rings. The van der Waals surface area contributed by atoms with Gasteiger partial charge < -0.3 is 10.0 Å². The van der Waals surface area contributed by atoms with Crippen LogP contribution in [-0.4, -0.2) is 49.3 Å². The molecule has 0 spiro atoms. The highest BCUT2D eigenvalue weighted by Gasteiger charge is 2.48. The van der Waals surface area contributed by atoms with E-state index in [4.69, 9.17) is 0 Å². The average Bonchev–Trinajstić information content (AvgIpc) is 2.99. The Morgan fingerprint density at radius 2 is 2.12 bits per heavy atom. The molecule has 1 saturated heterocycles. The molecule has 0 bridgehead atoms. The summed E-state index contributed by atoms with van der Waals surface area (Å²) in [5.41, 5.74) is -0.274. The molecular formula is C18H25NO4S. The minimum atomic E-state index is -3.34. The van der Waals surface area contributed by atoms with E-state index in [9.17, 15) is 18.3 Å². The maximum absolute atomic E-state index is 12.8. The van der Waals surface area contributed by atoms with Crippen molar-refractivity contribution in [3.63, 3.8) is 0 Å². The second-order valence-electron chi connectivity index (χ2n) is 7.23. The molecule has 3 atom stereocenters. The van der Waals surface area contributed by atoms with Gasteiger partial charge in [0.2, 0.25) is 0 Å². The molecule has 1 N–H and O–H groups in total. The van der Waals surface area contributed by atoms with Crippen LogP contribution >= 0.6 is 0 Å². The van der Waals surface area contributed by atoms with Crippen LogP contribution in [0.1, 0.15) is 43.0 Å². The van der Waals surface area contributed by atoms with Gasteiger partial charge in [0.15, 0.2) is 9.84 Å². The first-order valence-electron chi connectivity index (χ1n) is 8.56. The topological polar surface area (TPSA) is 74.7 Å².